The van der Waals surface area contributed by atoms with Gasteiger partial charge in [-0.3, -0.25) is 4.99 Å². The Hall–Kier alpha value is -0.530. The number of hydrogen-bond donors (Lipinski definition) is 1. The highest BCUT2D eigenvalue weighted by atomic mass is 14.9. The van der Waals surface area contributed by atoms with Crippen molar-refractivity contribution in [2.24, 2.45) is 28.0 Å². The zero-order chi connectivity index (χ0) is 12.3. The zero-order valence-electron chi connectivity index (χ0n) is 11.6. The zero-order valence-corrected chi connectivity index (χ0v) is 11.6. The van der Waals surface area contributed by atoms with Crippen LogP contribution in [0.1, 0.15) is 60.3 Å². The van der Waals surface area contributed by atoms with Crippen LogP contribution in [0.3, 0.4) is 0 Å². The average molecular weight is 224 g/mol. The van der Waals surface area contributed by atoms with Crippen molar-refractivity contribution in [2.45, 2.75) is 66.3 Å². The minimum atomic E-state index is 0.334. The molecule has 16 heavy (non-hydrogen) atoms. The van der Waals surface area contributed by atoms with Crippen molar-refractivity contribution in [3.05, 3.63) is 0 Å². The van der Waals surface area contributed by atoms with Gasteiger partial charge < -0.3 is 5.73 Å². The molecule has 0 aromatic heterocycles. The van der Waals surface area contributed by atoms with Crippen LogP contribution in [0.4, 0.5) is 0 Å². The number of rotatable bonds is 2. The summed E-state index contributed by atoms with van der Waals surface area (Å²) in [7, 11) is 0. The molecule has 0 spiro atoms. The summed E-state index contributed by atoms with van der Waals surface area (Å²) in [5.41, 5.74) is 6.51. The minimum Gasteiger partial charge on any atom is -0.387 e. The first-order chi connectivity index (χ1) is 7.30. The Kier molecular flexibility index (Phi) is 4.40. The van der Waals surface area contributed by atoms with E-state index in [0.29, 0.717) is 17.4 Å². The Balaban J connectivity index is 2.49. The Bertz CT molecular complexity index is 240. The molecule has 0 unspecified atom stereocenters. The van der Waals surface area contributed by atoms with Crippen LogP contribution < -0.4 is 5.73 Å². The fourth-order valence-corrected chi connectivity index (χ4v) is 2.66. The number of aliphatic imine (C=N–C) groups is 1. The predicted octanol–water partition coefficient (Wildman–Crippen LogP) is 3.60. The standard InChI is InChI=1S/C14H28N2/c1-10(2)16-13(15)11-6-8-12(9-7-11)14(3,4)5/h10-12H,6-9H2,1-5H3,(H2,15,16). The molecule has 0 atom stereocenters. The van der Waals surface area contributed by atoms with Gasteiger partial charge in [-0.25, -0.2) is 0 Å². The highest BCUT2D eigenvalue weighted by Crippen LogP contribution is 2.39. The molecule has 2 N–H and O–H groups in total. The van der Waals surface area contributed by atoms with E-state index in [1.54, 1.807) is 0 Å². The van der Waals surface area contributed by atoms with Crippen LogP contribution in [0.5, 0.6) is 0 Å². The van der Waals surface area contributed by atoms with Crippen LogP contribution in [0.25, 0.3) is 0 Å². The highest BCUT2D eigenvalue weighted by Gasteiger charge is 2.30. The topological polar surface area (TPSA) is 38.4 Å². The summed E-state index contributed by atoms with van der Waals surface area (Å²) in [6.07, 6.45) is 5.07. The van der Waals surface area contributed by atoms with E-state index in [1.165, 1.54) is 25.7 Å². The summed E-state index contributed by atoms with van der Waals surface area (Å²) >= 11 is 0. The maximum atomic E-state index is 6.05. The lowest BCUT2D eigenvalue weighted by molar-refractivity contribution is 0.166. The molecule has 1 aliphatic carbocycles. The smallest absolute Gasteiger partial charge is 0.0971 e. The van der Waals surface area contributed by atoms with Crippen LogP contribution in [-0.2, 0) is 0 Å². The number of nitrogens with zero attached hydrogens (tertiary/aromatic N) is 1. The van der Waals surface area contributed by atoms with Crippen molar-refractivity contribution in [3.8, 4) is 0 Å². The summed E-state index contributed by atoms with van der Waals surface area (Å²) in [6, 6.07) is 0.334. The van der Waals surface area contributed by atoms with Crippen molar-refractivity contribution >= 4 is 5.84 Å². The molecule has 0 heterocycles. The lowest BCUT2D eigenvalue weighted by Gasteiger charge is -2.36. The average Bonchev–Trinajstić information content (AvgIpc) is 2.15. The van der Waals surface area contributed by atoms with Crippen LogP contribution in [-0.4, -0.2) is 11.9 Å². The fraction of sp³-hybridized carbons (Fsp3) is 0.929. The minimum absolute atomic E-state index is 0.334. The van der Waals surface area contributed by atoms with Crippen molar-refractivity contribution in [1.82, 2.24) is 0 Å². The molecule has 94 valence electrons. The van der Waals surface area contributed by atoms with E-state index in [9.17, 15) is 0 Å². The molecule has 0 aliphatic heterocycles. The van der Waals surface area contributed by atoms with Gasteiger partial charge in [-0.05, 0) is 50.9 Å². The van der Waals surface area contributed by atoms with E-state index >= 15 is 0 Å². The van der Waals surface area contributed by atoms with Gasteiger partial charge in [0, 0.05) is 12.0 Å². The lowest BCUT2D eigenvalue weighted by atomic mass is 9.69. The summed E-state index contributed by atoms with van der Waals surface area (Å²) in [5.74, 6) is 2.29. The third-order valence-electron chi connectivity index (χ3n) is 3.78. The predicted molar refractivity (Wildman–Crippen MR) is 71.7 cm³/mol. The molecule has 1 rings (SSSR count). The van der Waals surface area contributed by atoms with Crippen molar-refractivity contribution < 1.29 is 0 Å². The molecule has 1 saturated carbocycles. The van der Waals surface area contributed by atoms with Crippen molar-refractivity contribution in [1.29, 1.82) is 0 Å². The molecule has 0 radical (unpaired) electrons. The van der Waals surface area contributed by atoms with E-state index in [4.69, 9.17) is 5.73 Å². The molecule has 0 aromatic carbocycles. The highest BCUT2D eigenvalue weighted by molar-refractivity contribution is 5.83. The maximum absolute atomic E-state index is 6.05. The second-order valence-corrected chi connectivity index (χ2v) is 6.56. The molecular formula is C14H28N2. The van der Waals surface area contributed by atoms with Gasteiger partial charge in [-0.15, -0.1) is 0 Å². The summed E-state index contributed by atoms with van der Waals surface area (Å²) < 4.78 is 0. The first kappa shape index (κ1) is 13.5. The van der Waals surface area contributed by atoms with E-state index in [-0.39, 0.29) is 0 Å². The normalized spacial score (nSPS) is 28.5. The number of hydrogen-bond acceptors (Lipinski definition) is 1. The molecule has 2 nitrogen and oxygen atoms in total. The fourth-order valence-electron chi connectivity index (χ4n) is 2.66. The Morgan fingerprint density at radius 3 is 2.00 bits per heavy atom. The van der Waals surface area contributed by atoms with E-state index in [0.717, 1.165) is 11.8 Å². The van der Waals surface area contributed by atoms with Crippen molar-refractivity contribution in [3.63, 3.8) is 0 Å². The van der Waals surface area contributed by atoms with Gasteiger partial charge in [0.1, 0.15) is 0 Å². The molecule has 1 fully saturated rings. The third kappa shape index (κ3) is 3.80. The SMILES string of the molecule is CC(C)N=C(N)C1CCC(C(C)(C)C)CC1. The van der Waals surface area contributed by atoms with Gasteiger partial charge in [0.2, 0.25) is 0 Å². The molecular weight excluding hydrogens is 196 g/mol. The summed E-state index contributed by atoms with van der Waals surface area (Å²) in [5, 5.41) is 0. The lowest BCUT2D eigenvalue weighted by Crippen LogP contribution is -2.32. The Morgan fingerprint density at radius 2 is 1.62 bits per heavy atom. The van der Waals surface area contributed by atoms with E-state index < -0.39 is 0 Å². The van der Waals surface area contributed by atoms with Gasteiger partial charge in [0.25, 0.3) is 0 Å². The summed E-state index contributed by atoms with van der Waals surface area (Å²) in [4.78, 5) is 4.48. The Labute approximate surface area is 101 Å². The van der Waals surface area contributed by atoms with Gasteiger partial charge in [-0.1, -0.05) is 20.8 Å². The molecule has 0 bridgehead atoms. The van der Waals surface area contributed by atoms with Crippen molar-refractivity contribution in [2.75, 3.05) is 0 Å². The summed E-state index contributed by atoms with van der Waals surface area (Å²) in [6.45, 7) is 11.2. The van der Waals surface area contributed by atoms with E-state index in [1.807, 2.05) is 0 Å². The first-order valence-corrected chi connectivity index (χ1v) is 6.64. The van der Waals surface area contributed by atoms with Gasteiger partial charge in [0.05, 0.1) is 5.84 Å². The number of nitrogens with two attached hydrogens (primary N) is 1. The van der Waals surface area contributed by atoms with Gasteiger partial charge in [-0.2, -0.15) is 0 Å². The third-order valence-corrected chi connectivity index (χ3v) is 3.78. The quantitative estimate of drug-likeness (QED) is 0.565. The van der Waals surface area contributed by atoms with Gasteiger partial charge >= 0.3 is 0 Å². The van der Waals surface area contributed by atoms with Gasteiger partial charge in [0.15, 0.2) is 0 Å². The second-order valence-electron chi connectivity index (χ2n) is 6.56. The maximum Gasteiger partial charge on any atom is 0.0971 e. The second kappa shape index (κ2) is 5.20. The molecule has 2 heteroatoms. The van der Waals surface area contributed by atoms with Crippen LogP contribution in [0, 0.1) is 17.3 Å². The Morgan fingerprint density at radius 1 is 1.12 bits per heavy atom. The monoisotopic (exact) mass is 224 g/mol. The molecule has 0 amide bonds. The molecule has 0 aromatic rings. The van der Waals surface area contributed by atoms with Crippen LogP contribution >= 0.6 is 0 Å². The van der Waals surface area contributed by atoms with Crippen LogP contribution in [0.15, 0.2) is 4.99 Å². The van der Waals surface area contributed by atoms with E-state index in [2.05, 4.69) is 39.6 Å². The van der Waals surface area contributed by atoms with Crippen LogP contribution in [0.2, 0.25) is 0 Å². The first-order valence-electron chi connectivity index (χ1n) is 6.64. The molecule has 0 saturated heterocycles. The number of amidine groups is 1. The largest absolute Gasteiger partial charge is 0.387 e. The molecule has 1 aliphatic rings.